The monoisotopic (exact) mass is 368 g/mol. The fourth-order valence-electron chi connectivity index (χ4n) is 3.82. The molecular formula is C25H40N2. The van der Waals surface area contributed by atoms with Gasteiger partial charge < -0.3 is 4.57 Å². The highest BCUT2D eigenvalue weighted by Crippen LogP contribution is 2.14. The predicted molar refractivity (Wildman–Crippen MR) is 117 cm³/mol. The summed E-state index contributed by atoms with van der Waals surface area (Å²) < 4.78 is 2.36. The highest BCUT2D eigenvalue weighted by atomic mass is 15.1. The Hall–Kier alpha value is -1.57. The lowest BCUT2D eigenvalue weighted by Gasteiger charge is -2.04. The summed E-state index contributed by atoms with van der Waals surface area (Å²) in [4.78, 5) is 4.94. The van der Waals surface area contributed by atoms with Crippen LogP contribution in [0.4, 0.5) is 0 Å². The van der Waals surface area contributed by atoms with Crippen LogP contribution < -0.4 is 0 Å². The van der Waals surface area contributed by atoms with Gasteiger partial charge in [-0.1, -0.05) is 88.6 Å². The minimum absolute atomic E-state index is 1.04. The van der Waals surface area contributed by atoms with Crippen molar-refractivity contribution in [3.05, 3.63) is 53.6 Å². The average molecular weight is 369 g/mol. The normalized spacial score (nSPS) is 11.2. The Balaban J connectivity index is 1.63. The molecule has 150 valence electrons. The number of rotatable bonds is 15. The molecular weight excluding hydrogens is 328 g/mol. The fourth-order valence-corrected chi connectivity index (χ4v) is 3.82. The van der Waals surface area contributed by atoms with Gasteiger partial charge in [-0.05, 0) is 38.2 Å². The van der Waals surface area contributed by atoms with Crippen molar-refractivity contribution in [1.82, 2.24) is 9.55 Å². The second-order valence-corrected chi connectivity index (χ2v) is 7.85. The van der Waals surface area contributed by atoms with Gasteiger partial charge in [-0.25, -0.2) is 4.98 Å². The van der Waals surface area contributed by atoms with Crippen LogP contribution in [-0.4, -0.2) is 9.55 Å². The maximum Gasteiger partial charge on any atom is 0.108 e. The highest BCUT2D eigenvalue weighted by molar-refractivity contribution is 5.15. The summed E-state index contributed by atoms with van der Waals surface area (Å²) in [6.07, 6.45) is 19.3. The number of unbranched alkanes of at least 4 members (excludes halogenated alkanes) is 8. The first kappa shape index (κ1) is 21.7. The molecule has 0 unspecified atom stereocenters. The molecule has 2 heteroatoms. The zero-order chi connectivity index (χ0) is 19.2. The van der Waals surface area contributed by atoms with Crippen LogP contribution in [0.1, 0.15) is 95.1 Å². The van der Waals surface area contributed by atoms with Crippen molar-refractivity contribution >= 4 is 0 Å². The number of hydrogen-bond donors (Lipinski definition) is 0. The summed E-state index contributed by atoms with van der Waals surface area (Å²) in [6.45, 7) is 5.56. The minimum atomic E-state index is 1.04. The first-order valence-electron chi connectivity index (χ1n) is 11.4. The summed E-state index contributed by atoms with van der Waals surface area (Å²) in [5.74, 6) is 1.30. The van der Waals surface area contributed by atoms with E-state index in [0.717, 1.165) is 25.8 Å². The molecule has 0 N–H and O–H groups in total. The van der Waals surface area contributed by atoms with Crippen LogP contribution in [0.5, 0.6) is 0 Å². The smallest absolute Gasteiger partial charge is 0.108 e. The lowest BCUT2D eigenvalue weighted by molar-refractivity contribution is 0.557. The third-order valence-electron chi connectivity index (χ3n) is 5.49. The van der Waals surface area contributed by atoms with Gasteiger partial charge in [-0.3, -0.25) is 0 Å². The molecule has 0 bridgehead atoms. The maximum atomic E-state index is 4.94. The van der Waals surface area contributed by atoms with Crippen molar-refractivity contribution in [2.75, 3.05) is 0 Å². The molecule has 0 amide bonds. The van der Waals surface area contributed by atoms with Gasteiger partial charge in [-0.15, -0.1) is 0 Å². The molecule has 0 radical (unpaired) electrons. The first-order chi connectivity index (χ1) is 13.3. The second kappa shape index (κ2) is 13.6. The van der Waals surface area contributed by atoms with Gasteiger partial charge >= 0.3 is 0 Å². The molecule has 0 saturated heterocycles. The van der Waals surface area contributed by atoms with E-state index < -0.39 is 0 Å². The summed E-state index contributed by atoms with van der Waals surface area (Å²) in [5.41, 5.74) is 2.71. The van der Waals surface area contributed by atoms with E-state index in [9.17, 15) is 0 Å². The molecule has 0 saturated carbocycles. The van der Waals surface area contributed by atoms with Crippen LogP contribution >= 0.6 is 0 Å². The Kier molecular flexibility index (Phi) is 10.9. The molecule has 0 aliphatic heterocycles. The molecule has 0 aliphatic carbocycles. The van der Waals surface area contributed by atoms with Crippen molar-refractivity contribution in [2.45, 2.75) is 104 Å². The third-order valence-corrected chi connectivity index (χ3v) is 5.49. The van der Waals surface area contributed by atoms with E-state index >= 15 is 0 Å². The molecule has 2 aromatic rings. The van der Waals surface area contributed by atoms with E-state index in [2.05, 4.69) is 54.9 Å². The molecule has 0 spiro atoms. The van der Waals surface area contributed by atoms with Crippen LogP contribution in [0.15, 0.2) is 36.5 Å². The van der Waals surface area contributed by atoms with E-state index in [1.165, 1.54) is 81.3 Å². The van der Waals surface area contributed by atoms with Crippen molar-refractivity contribution < 1.29 is 0 Å². The Bertz CT molecular complexity index is 600. The van der Waals surface area contributed by atoms with Crippen molar-refractivity contribution in [2.24, 2.45) is 0 Å². The van der Waals surface area contributed by atoms with Crippen molar-refractivity contribution in [1.29, 1.82) is 0 Å². The van der Waals surface area contributed by atoms with E-state index in [1.807, 2.05) is 0 Å². The Morgan fingerprint density at radius 3 is 2.04 bits per heavy atom. The summed E-state index contributed by atoms with van der Waals surface area (Å²) >= 11 is 0. The molecule has 1 aromatic carbocycles. The highest BCUT2D eigenvalue weighted by Gasteiger charge is 2.07. The van der Waals surface area contributed by atoms with Crippen LogP contribution in [-0.2, 0) is 25.8 Å². The number of nitrogens with zero attached hydrogens (tertiary/aromatic N) is 2. The lowest BCUT2D eigenvalue weighted by Crippen LogP contribution is -2.00. The van der Waals surface area contributed by atoms with Crippen LogP contribution in [0.25, 0.3) is 0 Å². The van der Waals surface area contributed by atoms with E-state index in [1.54, 1.807) is 0 Å². The number of aryl methyl sites for hydroxylation is 4. The minimum Gasteiger partial charge on any atom is -0.335 e. The Morgan fingerprint density at radius 2 is 1.37 bits per heavy atom. The number of hydrogen-bond acceptors (Lipinski definition) is 1. The van der Waals surface area contributed by atoms with Crippen molar-refractivity contribution in [3.8, 4) is 0 Å². The van der Waals surface area contributed by atoms with E-state index in [0.29, 0.717) is 0 Å². The van der Waals surface area contributed by atoms with Gasteiger partial charge in [0.1, 0.15) is 5.82 Å². The fraction of sp³-hybridized carbons (Fsp3) is 0.640. The Morgan fingerprint density at radius 1 is 0.704 bits per heavy atom. The quantitative estimate of drug-likeness (QED) is 0.305. The van der Waals surface area contributed by atoms with Gasteiger partial charge in [0.15, 0.2) is 0 Å². The predicted octanol–water partition coefficient (Wildman–Crippen LogP) is 7.15. The number of benzene rings is 1. The zero-order valence-corrected chi connectivity index (χ0v) is 17.8. The lowest BCUT2D eigenvalue weighted by atomic mass is 10.1. The summed E-state index contributed by atoms with van der Waals surface area (Å²) in [7, 11) is 0. The molecule has 0 atom stereocenters. The van der Waals surface area contributed by atoms with Crippen LogP contribution in [0.2, 0.25) is 0 Å². The van der Waals surface area contributed by atoms with Gasteiger partial charge in [-0.2, -0.15) is 0 Å². The molecule has 0 fully saturated rings. The molecule has 27 heavy (non-hydrogen) atoms. The van der Waals surface area contributed by atoms with E-state index in [-0.39, 0.29) is 0 Å². The number of aromatic nitrogens is 2. The molecule has 2 nitrogen and oxygen atoms in total. The summed E-state index contributed by atoms with van der Waals surface area (Å²) in [5, 5.41) is 0. The maximum absolute atomic E-state index is 4.94. The second-order valence-electron chi connectivity index (χ2n) is 7.85. The molecule has 1 aromatic heterocycles. The molecule has 1 heterocycles. The zero-order valence-electron chi connectivity index (χ0n) is 17.8. The van der Waals surface area contributed by atoms with Crippen LogP contribution in [0.3, 0.4) is 0 Å². The number of imidazole rings is 1. The van der Waals surface area contributed by atoms with E-state index in [4.69, 9.17) is 4.98 Å². The van der Waals surface area contributed by atoms with Gasteiger partial charge in [0, 0.05) is 19.2 Å². The third kappa shape index (κ3) is 8.77. The topological polar surface area (TPSA) is 17.8 Å². The van der Waals surface area contributed by atoms with Gasteiger partial charge in [0.25, 0.3) is 0 Å². The SMILES string of the molecule is CCCCCCCCCCCc1nc(CCCc2ccccc2)cn1CC. The largest absolute Gasteiger partial charge is 0.335 e. The Labute approximate surface area is 167 Å². The van der Waals surface area contributed by atoms with Gasteiger partial charge in [0.05, 0.1) is 5.69 Å². The molecule has 2 rings (SSSR count). The standard InChI is InChI=1S/C25H40N2/c1-3-5-6-7-8-9-10-11-15-21-25-26-24(22-27(25)4-2)20-16-19-23-17-13-12-14-18-23/h12-14,17-18,22H,3-11,15-16,19-21H2,1-2H3. The van der Waals surface area contributed by atoms with Crippen LogP contribution in [0, 0.1) is 0 Å². The first-order valence-corrected chi connectivity index (χ1v) is 11.4. The van der Waals surface area contributed by atoms with Gasteiger partial charge in [0.2, 0.25) is 0 Å². The average Bonchev–Trinajstić information content (AvgIpc) is 3.09. The summed E-state index contributed by atoms with van der Waals surface area (Å²) in [6, 6.07) is 10.8. The molecule has 0 aliphatic rings. The van der Waals surface area contributed by atoms with Crippen molar-refractivity contribution in [3.63, 3.8) is 0 Å².